The quantitative estimate of drug-likeness (QED) is 0.809. The fraction of sp³-hybridized carbons (Fsp3) is 0.545. The van der Waals surface area contributed by atoms with Gasteiger partial charge in [-0.2, -0.15) is 5.10 Å². The van der Waals surface area contributed by atoms with E-state index in [9.17, 15) is 9.59 Å². The van der Waals surface area contributed by atoms with Crippen LogP contribution in [0, 0.1) is 0 Å². The third-order valence-electron chi connectivity index (χ3n) is 2.99. The predicted molar refractivity (Wildman–Crippen MR) is 62.9 cm³/mol. The molecular weight excluding hydrogens is 236 g/mol. The highest BCUT2D eigenvalue weighted by molar-refractivity contribution is 5.83. The summed E-state index contributed by atoms with van der Waals surface area (Å²) in [5.74, 6) is -1.10. The fourth-order valence-corrected chi connectivity index (χ4v) is 1.73. The topological polar surface area (TPSA) is 87.5 Å². The summed E-state index contributed by atoms with van der Waals surface area (Å²) >= 11 is 0. The molecule has 0 radical (unpaired) electrons. The van der Waals surface area contributed by atoms with Crippen LogP contribution < -0.4 is 5.32 Å². The summed E-state index contributed by atoms with van der Waals surface area (Å²) in [5, 5.41) is 15.6. The summed E-state index contributed by atoms with van der Waals surface area (Å²) in [6, 6.07) is -1.19. The first-order valence-corrected chi connectivity index (χ1v) is 5.73. The summed E-state index contributed by atoms with van der Waals surface area (Å²) in [7, 11) is 3.37. The number of aryl methyl sites for hydroxylation is 1. The second-order valence-corrected chi connectivity index (χ2v) is 4.51. The second kappa shape index (κ2) is 4.67. The van der Waals surface area contributed by atoms with Gasteiger partial charge >= 0.3 is 12.0 Å². The van der Waals surface area contributed by atoms with Gasteiger partial charge in [-0.1, -0.05) is 0 Å². The highest BCUT2D eigenvalue weighted by atomic mass is 16.4. The first kappa shape index (κ1) is 12.4. The van der Waals surface area contributed by atoms with Gasteiger partial charge in [0.05, 0.1) is 6.20 Å². The van der Waals surface area contributed by atoms with Gasteiger partial charge in [-0.3, -0.25) is 4.68 Å². The normalized spacial score (nSPS) is 16.1. The third-order valence-corrected chi connectivity index (χ3v) is 2.99. The lowest BCUT2D eigenvalue weighted by Gasteiger charge is -2.20. The minimum absolute atomic E-state index is 0.244. The molecule has 0 spiro atoms. The summed E-state index contributed by atoms with van der Waals surface area (Å²) in [6.45, 7) is 0. The summed E-state index contributed by atoms with van der Waals surface area (Å²) < 4.78 is 1.50. The van der Waals surface area contributed by atoms with Gasteiger partial charge in [0.1, 0.15) is 0 Å². The molecule has 0 aliphatic heterocycles. The second-order valence-electron chi connectivity index (χ2n) is 4.51. The van der Waals surface area contributed by atoms with E-state index in [1.807, 2.05) is 0 Å². The maximum Gasteiger partial charge on any atom is 0.331 e. The van der Waals surface area contributed by atoms with Crippen molar-refractivity contribution in [3.05, 3.63) is 18.0 Å². The average Bonchev–Trinajstić information content (AvgIpc) is 3.07. The number of urea groups is 1. The Kier molecular flexibility index (Phi) is 3.22. The van der Waals surface area contributed by atoms with Crippen LogP contribution in [0.5, 0.6) is 0 Å². The number of carboxylic acid groups (broad SMARTS) is 1. The highest BCUT2D eigenvalue weighted by Crippen LogP contribution is 2.25. The Morgan fingerprint density at radius 3 is 2.72 bits per heavy atom. The SMILES string of the molecule is CN(C(=O)NC(C(=O)O)c1cnn(C)c1)C1CC1. The van der Waals surface area contributed by atoms with Crippen molar-refractivity contribution in [3.8, 4) is 0 Å². The zero-order chi connectivity index (χ0) is 13.3. The van der Waals surface area contributed by atoms with E-state index in [0.717, 1.165) is 12.8 Å². The largest absolute Gasteiger partial charge is 0.479 e. The molecule has 0 saturated heterocycles. The molecule has 1 aliphatic rings. The number of amides is 2. The molecule has 1 aromatic rings. The molecule has 1 aliphatic carbocycles. The van der Waals surface area contributed by atoms with Crippen molar-refractivity contribution in [2.75, 3.05) is 7.05 Å². The van der Waals surface area contributed by atoms with Gasteiger partial charge in [0.2, 0.25) is 0 Å². The highest BCUT2D eigenvalue weighted by Gasteiger charge is 2.32. The third kappa shape index (κ3) is 2.61. The number of nitrogens with one attached hydrogen (secondary N) is 1. The van der Waals surface area contributed by atoms with Crippen molar-refractivity contribution in [3.63, 3.8) is 0 Å². The van der Waals surface area contributed by atoms with Crippen LogP contribution in [0.3, 0.4) is 0 Å². The predicted octanol–water partition coefficient (Wildman–Crippen LogP) is 0.350. The number of aliphatic carboxylic acids is 1. The van der Waals surface area contributed by atoms with Crippen LogP contribution in [-0.4, -0.2) is 44.9 Å². The van der Waals surface area contributed by atoms with Gasteiger partial charge in [-0.05, 0) is 12.8 Å². The Bertz CT molecular complexity index is 467. The number of hydrogen-bond donors (Lipinski definition) is 2. The molecule has 1 saturated carbocycles. The van der Waals surface area contributed by atoms with E-state index in [2.05, 4.69) is 10.4 Å². The standard InChI is InChI=1S/C11H16N4O3/c1-14-6-7(5-12-14)9(10(16)17)13-11(18)15(2)8-3-4-8/h5-6,8-9H,3-4H2,1-2H3,(H,13,18)(H,16,17). The lowest BCUT2D eigenvalue weighted by atomic mass is 10.1. The Balaban J connectivity index is 2.06. The monoisotopic (exact) mass is 252 g/mol. The van der Waals surface area contributed by atoms with Crippen LogP contribution in [0.2, 0.25) is 0 Å². The first-order valence-electron chi connectivity index (χ1n) is 5.73. The van der Waals surface area contributed by atoms with E-state index in [-0.39, 0.29) is 12.1 Å². The van der Waals surface area contributed by atoms with Crippen molar-refractivity contribution in [2.24, 2.45) is 7.05 Å². The molecule has 1 aromatic heterocycles. The van der Waals surface area contributed by atoms with Crippen LogP contribution in [-0.2, 0) is 11.8 Å². The fourth-order valence-electron chi connectivity index (χ4n) is 1.73. The number of carbonyl (C=O) groups is 2. The van der Waals surface area contributed by atoms with Crippen LogP contribution in [0.25, 0.3) is 0 Å². The average molecular weight is 252 g/mol. The molecule has 98 valence electrons. The van der Waals surface area contributed by atoms with Crippen molar-refractivity contribution in [1.82, 2.24) is 20.0 Å². The van der Waals surface area contributed by atoms with Crippen molar-refractivity contribution in [1.29, 1.82) is 0 Å². The summed E-state index contributed by atoms with van der Waals surface area (Å²) in [5.41, 5.74) is 0.461. The summed E-state index contributed by atoms with van der Waals surface area (Å²) in [4.78, 5) is 24.6. The molecular formula is C11H16N4O3. The van der Waals surface area contributed by atoms with Gasteiger partial charge in [-0.15, -0.1) is 0 Å². The molecule has 0 aromatic carbocycles. The van der Waals surface area contributed by atoms with Crippen molar-refractivity contribution in [2.45, 2.75) is 24.9 Å². The minimum Gasteiger partial charge on any atom is -0.479 e. The molecule has 1 fully saturated rings. The Labute approximate surface area is 104 Å². The zero-order valence-corrected chi connectivity index (χ0v) is 10.3. The van der Waals surface area contributed by atoms with E-state index in [0.29, 0.717) is 5.56 Å². The maximum absolute atomic E-state index is 11.8. The smallest absolute Gasteiger partial charge is 0.331 e. The lowest BCUT2D eigenvalue weighted by molar-refractivity contribution is -0.139. The maximum atomic E-state index is 11.8. The number of nitrogens with zero attached hydrogens (tertiary/aromatic N) is 3. The molecule has 1 unspecified atom stereocenters. The van der Waals surface area contributed by atoms with Crippen LogP contribution in [0.4, 0.5) is 4.79 Å². The molecule has 2 amide bonds. The number of carboxylic acids is 1. The number of hydrogen-bond acceptors (Lipinski definition) is 3. The van der Waals surface area contributed by atoms with E-state index >= 15 is 0 Å². The van der Waals surface area contributed by atoms with E-state index in [1.165, 1.54) is 10.9 Å². The lowest BCUT2D eigenvalue weighted by Crippen LogP contribution is -2.42. The molecule has 0 bridgehead atoms. The van der Waals surface area contributed by atoms with Crippen LogP contribution in [0.15, 0.2) is 12.4 Å². The molecule has 7 heteroatoms. The van der Waals surface area contributed by atoms with E-state index in [1.54, 1.807) is 25.2 Å². The summed E-state index contributed by atoms with van der Waals surface area (Å²) in [6.07, 6.45) is 4.98. The van der Waals surface area contributed by atoms with Gasteiger partial charge < -0.3 is 15.3 Å². The Morgan fingerprint density at radius 1 is 1.61 bits per heavy atom. The van der Waals surface area contributed by atoms with Gasteiger partial charge in [0.15, 0.2) is 6.04 Å². The number of aromatic nitrogens is 2. The molecule has 2 N–H and O–H groups in total. The molecule has 7 nitrogen and oxygen atoms in total. The van der Waals surface area contributed by atoms with E-state index in [4.69, 9.17) is 5.11 Å². The van der Waals surface area contributed by atoms with Gasteiger partial charge in [0.25, 0.3) is 0 Å². The minimum atomic E-state index is -1.10. The van der Waals surface area contributed by atoms with E-state index < -0.39 is 12.0 Å². The molecule has 18 heavy (non-hydrogen) atoms. The molecule has 1 heterocycles. The van der Waals surface area contributed by atoms with Gasteiger partial charge in [-0.25, -0.2) is 9.59 Å². The van der Waals surface area contributed by atoms with Crippen LogP contribution >= 0.6 is 0 Å². The molecule has 1 atom stereocenters. The first-order chi connectivity index (χ1) is 8.49. The Hall–Kier alpha value is -2.05. The van der Waals surface area contributed by atoms with Gasteiger partial charge in [0, 0.05) is 31.9 Å². The number of carbonyl (C=O) groups excluding carboxylic acids is 1. The molecule has 2 rings (SSSR count). The number of rotatable bonds is 4. The zero-order valence-electron chi connectivity index (χ0n) is 10.3. The van der Waals surface area contributed by atoms with Crippen molar-refractivity contribution >= 4 is 12.0 Å². The Morgan fingerprint density at radius 2 is 2.28 bits per heavy atom. The van der Waals surface area contributed by atoms with Crippen LogP contribution in [0.1, 0.15) is 24.4 Å². The van der Waals surface area contributed by atoms with Crippen molar-refractivity contribution < 1.29 is 14.7 Å².